The van der Waals surface area contributed by atoms with Crippen LogP contribution in [0.1, 0.15) is 5.56 Å². The van der Waals surface area contributed by atoms with Gasteiger partial charge in [-0.3, -0.25) is 14.6 Å². The summed E-state index contributed by atoms with van der Waals surface area (Å²) in [5.41, 5.74) is 0.108. The lowest BCUT2D eigenvalue weighted by molar-refractivity contribution is -0.384. The molecule has 0 aliphatic heterocycles. The summed E-state index contributed by atoms with van der Waals surface area (Å²) in [6.45, 7) is -0.508. The molecule has 1 atom stereocenters. The van der Waals surface area contributed by atoms with Crippen LogP contribution in [0.5, 0.6) is 0 Å². The highest BCUT2D eigenvalue weighted by molar-refractivity contribution is 7.60. The van der Waals surface area contributed by atoms with Gasteiger partial charge in [0.2, 0.25) is 0 Å². The van der Waals surface area contributed by atoms with Crippen LogP contribution in [0.15, 0.2) is 24.3 Å². The van der Waals surface area contributed by atoms with E-state index in [0.29, 0.717) is 0 Å². The number of rotatable bonds is 6. The largest absolute Gasteiger partial charge is 0.481 e. The first-order valence-electron chi connectivity index (χ1n) is 4.57. The van der Waals surface area contributed by atoms with Gasteiger partial charge in [0.1, 0.15) is 0 Å². The summed E-state index contributed by atoms with van der Waals surface area (Å²) >= 11 is 0. The van der Waals surface area contributed by atoms with Crippen molar-refractivity contribution >= 4 is 21.3 Å². The maximum Gasteiger partial charge on any atom is 0.481 e. The second-order valence-electron chi connectivity index (χ2n) is 3.24. The second-order valence-corrected chi connectivity index (χ2v) is 6.07. The van der Waals surface area contributed by atoms with Crippen molar-refractivity contribution in [2.75, 3.05) is 0 Å². The number of hydrogen-bond donors (Lipinski definition) is 3. The fourth-order valence-electron chi connectivity index (χ4n) is 1.03. The molecule has 0 fully saturated rings. The number of non-ortho nitro benzene ring substituents is 1. The lowest BCUT2D eigenvalue weighted by atomic mass is 10.2. The quantitative estimate of drug-likeness (QED) is 0.400. The number of benzene rings is 1. The molecule has 1 rings (SSSR count). The van der Waals surface area contributed by atoms with Crippen LogP contribution in [0.3, 0.4) is 0 Å². The molecular formula is C7H9NO9P2. The molecule has 106 valence electrons. The predicted molar refractivity (Wildman–Crippen MR) is 60.8 cm³/mol. The van der Waals surface area contributed by atoms with Crippen molar-refractivity contribution in [1.82, 2.24) is 0 Å². The Labute approximate surface area is 106 Å². The lowest BCUT2D eigenvalue weighted by Gasteiger charge is -2.12. The Morgan fingerprint density at radius 1 is 1.16 bits per heavy atom. The first-order valence-corrected chi connectivity index (χ1v) is 7.59. The van der Waals surface area contributed by atoms with E-state index < -0.39 is 27.2 Å². The number of nitrogens with zero attached hydrogens (tertiary/aromatic N) is 1. The van der Waals surface area contributed by atoms with E-state index in [9.17, 15) is 19.2 Å². The molecule has 0 aliphatic rings. The molecule has 0 aromatic heterocycles. The summed E-state index contributed by atoms with van der Waals surface area (Å²) < 4.78 is 29.3. The van der Waals surface area contributed by atoms with E-state index in [1.165, 1.54) is 12.1 Å². The Morgan fingerprint density at radius 3 is 2.11 bits per heavy atom. The van der Waals surface area contributed by atoms with Gasteiger partial charge in [0.15, 0.2) is 0 Å². The van der Waals surface area contributed by atoms with Gasteiger partial charge in [-0.1, -0.05) is 0 Å². The Hall–Kier alpha value is -1.12. The minimum absolute atomic E-state index is 0.178. The monoisotopic (exact) mass is 313 g/mol. The first kappa shape index (κ1) is 15.9. The number of nitro groups is 1. The molecule has 3 N–H and O–H groups in total. The molecule has 0 amide bonds. The number of nitro benzene ring substituents is 1. The van der Waals surface area contributed by atoms with Crippen molar-refractivity contribution in [3.8, 4) is 0 Å². The zero-order valence-corrected chi connectivity index (χ0v) is 10.9. The molecule has 0 spiro atoms. The standard InChI is InChI=1S/C7H9NO9P2/c9-8(10)7-3-1-6(2-4-7)5-16-19(14,15)17-18(11,12)13/h1-4H,5H2,(H,14,15)(H2,11,12,13). The molecule has 0 radical (unpaired) electrons. The summed E-state index contributed by atoms with van der Waals surface area (Å²) in [6.07, 6.45) is 0. The topological polar surface area (TPSA) is 156 Å². The summed E-state index contributed by atoms with van der Waals surface area (Å²) in [7, 11) is -10.1. The molecule has 19 heavy (non-hydrogen) atoms. The van der Waals surface area contributed by atoms with E-state index in [2.05, 4.69) is 8.83 Å². The van der Waals surface area contributed by atoms with Crippen molar-refractivity contribution < 1.29 is 37.6 Å². The van der Waals surface area contributed by atoms with Crippen LogP contribution in [0.4, 0.5) is 5.69 Å². The number of phosphoric ester groups is 1. The van der Waals surface area contributed by atoms with E-state index >= 15 is 0 Å². The average Bonchev–Trinajstić information content (AvgIpc) is 2.24. The smallest absolute Gasteiger partial charge is 0.302 e. The molecule has 0 aliphatic carbocycles. The summed E-state index contributed by atoms with van der Waals surface area (Å²) in [6, 6.07) is 4.81. The summed E-state index contributed by atoms with van der Waals surface area (Å²) in [5.74, 6) is 0. The summed E-state index contributed by atoms with van der Waals surface area (Å²) in [4.78, 5) is 35.4. The van der Waals surface area contributed by atoms with Gasteiger partial charge in [-0.2, -0.15) is 4.31 Å². The van der Waals surface area contributed by atoms with Gasteiger partial charge < -0.3 is 14.7 Å². The van der Waals surface area contributed by atoms with Crippen LogP contribution in [0.2, 0.25) is 0 Å². The fraction of sp³-hybridized carbons (Fsp3) is 0.143. The highest BCUT2D eigenvalue weighted by Gasteiger charge is 2.32. The van der Waals surface area contributed by atoms with E-state index in [1.54, 1.807) is 0 Å². The molecule has 1 aromatic carbocycles. The number of phosphoric acid groups is 2. The molecule has 0 saturated carbocycles. The molecule has 1 aromatic rings. The zero-order valence-electron chi connectivity index (χ0n) is 9.15. The lowest BCUT2D eigenvalue weighted by Crippen LogP contribution is -1.95. The van der Waals surface area contributed by atoms with Crippen LogP contribution < -0.4 is 0 Å². The third kappa shape index (κ3) is 6.04. The zero-order chi connectivity index (χ0) is 14.7. The van der Waals surface area contributed by atoms with Crippen molar-refractivity contribution in [2.24, 2.45) is 0 Å². The SMILES string of the molecule is O=[N+]([O-])c1ccc(COP(=O)(O)OP(=O)(O)O)cc1. The van der Waals surface area contributed by atoms with Gasteiger partial charge in [-0.15, -0.1) is 0 Å². The molecular weight excluding hydrogens is 304 g/mol. The Kier molecular flexibility index (Phi) is 4.94. The van der Waals surface area contributed by atoms with E-state index in [0.717, 1.165) is 12.1 Å². The Morgan fingerprint density at radius 2 is 1.68 bits per heavy atom. The minimum atomic E-state index is -5.16. The van der Waals surface area contributed by atoms with Crippen LogP contribution in [0, 0.1) is 10.1 Å². The van der Waals surface area contributed by atoms with Crippen molar-refractivity contribution in [3.05, 3.63) is 39.9 Å². The van der Waals surface area contributed by atoms with Crippen LogP contribution >= 0.6 is 15.6 Å². The van der Waals surface area contributed by atoms with Crippen LogP contribution in [-0.2, 0) is 24.6 Å². The van der Waals surface area contributed by atoms with Crippen molar-refractivity contribution in [2.45, 2.75) is 6.61 Å². The third-order valence-electron chi connectivity index (χ3n) is 1.75. The normalized spacial score (nSPS) is 14.9. The van der Waals surface area contributed by atoms with Crippen LogP contribution in [0.25, 0.3) is 0 Å². The molecule has 1 unspecified atom stereocenters. The molecule has 0 bridgehead atoms. The van der Waals surface area contributed by atoms with Gasteiger partial charge in [-0.05, 0) is 17.7 Å². The number of hydrogen-bond acceptors (Lipinski definition) is 6. The Balaban J connectivity index is 2.64. The highest BCUT2D eigenvalue weighted by atomic mass is 31.3. The van der Waals surface area contributed by atoms with Crippen LogP contribution in [-0.4, -0.2) is 19.6 Å². The van der Waals surface area contributed by atoms with Gasteiger partial charge in [0.05, 0.1) is 11.5 Å². The average molecular weight is 313 g/mol. The summed E-state index contributed by atoms with van der Waals surface area (Å²) in [5, 5.41) is 10.4. The van der Waals surface area contributed by atoms with Gasteiger partial charge in [0.25, 0.3) is 5.69 Å². The van der Waals surface area contributed by atoms with Crippen molar-refractivity contribution in [3.63, 3.8) is 0 Å². The highest BCUT2D eigenvalue weighted by Crippen LogP contribution is 2.57. The minimum Gasteiger partial charge on any atom is -0.302 e. The van der Waals surface area contributed by atoms with Gasteiger partial charge >= 0.3 is 15.6 Å². The third-order valence-corrected chi connectivity index (χ3v) is 3.88. The van der Waals surface area contributed by atoms with E-state index in [1.807, 2.05) is 0 Å². The van der Waals surface area contributed by atoms with Gasteiger partial charge in [-0.25, -0.2) is 9.13 Å². The first-order chi connectivity index (χ1) is 8.59. The van der Waals surface area contributed by atoms with Crippen molar-refractivity contribution in [1.29, 1.82) is 0 Å². The predicted octanol–water partition coefficient (Wildman–Crippen LogP) is 1.32. The maximum absolute atomic E-state index is 11.1. The fourth-order valence-corrected chi connectivity index (χ4v) is 2.60. The molecule has 0 heterocycles. The van der Waals surface area contributed by atoms with E-state index in [4.69, 9.17) is 14.7 Å². The maximum atomic E-state index is 11.1. The van der Waals surface area contributed by atoms with Gasteiger partial charge in [0, 0.05) is 12.1 Å². The van der Waals surface area contributed by atoms with E-state index in [-0.39, 0.29) is 11.3 Å². The Bertz CT molecular complexity index is 550. The molecule has 0 saturated heterocycles. The second kappa shape index (κ2) is 5.89. The molecule has 12 heteroatoms. The molecule has 10 nitrogen and oxygen atoms in total.